The van der Waals surface area contributed by atoms with Crippen molar-refractivity contribution in [3.8, 4) is 17.2 Å². The second-order valence-electron chi connectivity index (χ2n) is 8.18. The highest BCUT2D eigenvalue weighted by molar-refractivity contribution is 5.91. The fraction of sp³-hybridized carbons (Fsp3) is 0.320. The molecule has 9 nitrogen and oxygen atoms in total. The van der Waals surface area contributed by atoms with Crippen LogP contribution in [-0.2, 0) is 0 Å². The Labute approximate surface area is 198 Å². The number of aromatic nitrogens is 2. The Morgan fingerprint density at radius 3 is 2.35 bits per heavy atom. The molecule has 0 saturated carbocycles. The third-order valence-corrected chi connectivity index (χ3v) is 6.06. The summed E-state index contributed by atoms with van der Waals surface area (Å²) in [6.07, 6.45) is 0. The third kappa shape index (κ3) is 4.83. The normalized spacial score (nSPS) is 13.5. The molecule has 1 aromatic heterocycles. The first-order valence-corrected chi connectivity index (χ1v) is 11.1. The van der Waals surface area contributed by atoms with Gasteiger partial charge in [-0.25, -0.2) is 4.79 Å². The Kier molecular flexibility index (Phi) is 6.72. The first kappa shape index (κ1) is 23.2. The topological polar surface area (TPSA) is 88.9 Å². The van der Waals surface area contributed by atoms with Crippen molar-refractivity contribution in [1.29, 1.82) is 0 Å². The quantitative estimate of drug-likeness (QED) is 0.625. The summed E-state index contributed by atoms with van der Waals surface area (Å²) in [7, 11) is 3.13. The molecule has 3 aromatic rings. The lowest BCUT2D eigenvalue weighted by molar-refractivity contribution is 0.208. The molecule has 1 aliphatic rings. The van der Waals surface area contributed by atoms with Crippen LogP contribution >= 0.6 is 0 Å². The number of benzene rings is 2. The summed E-state index contributed by atoms with van der Waals surface area (Å²) >= 11 is 0. The van der Waals surface area contributed by atoms with Crippen LogP contribution in [0.25, 0.3) is 5.69 Å². The van der Waals surface area contributed by atoms with Crippen molar-refractivity contribution in [2.45, 2.75) is 13.8 Å². The molecule has 0 unspecified atom stereocenters. The van der Waals surface area contributed by atoms with E-state index in [1.807, 2.05) is 32.0 Å². The predicted molar refractivity (Wildman–Crippen MR) is 132 cm³/mol. The minimum Gasteiger partial charge on any atom is -0.497 e. The van der Waals surface area contributed by atoms with E-state index < -0.39 is 0 Å². The van der Waals surface area contributed by atoms with Crippen molar-refractivity contribution in [1.82, 2.24) is 14.7 Å². The molecule has 2 heterocycles. The summed E-state index contributed by atoms with van der Waals surface area (Å²) < 4.78 is 12.0. The SMILES string of the molecule is COc1ccc(OC)c(NC(=O)N2CCN(c3ccc(=O)n(-c4ccc(C)c(C)c4)n3)CC2)c1. The van der Waals surface area contributed by atoms with Gasteiger partial charge in [0.05, 0.1) is 25.6 Å². The average Bonchev–Trinajstić information content (AvgIpc) is 2.86. The number of piperazine rings is 1. The van der Waals surface area contributed by atoms with Crippen molar-refractivity contribution in [2.75, 3.05) is 50.6 Å². The van der Waals surface area contributed by atoms with Crippen LogP contribution in [0.1, 0.15) is 11.1 Å². The number of ether oxygens (including phenoxy) is 2. The maximum absolute atomic E-state index is 12.9. The van der Waals surface area contributed by atoms with Gasteiger partial charge in [0.15, 0.2) is 0 Å². The van der Waals surface area contributed by atoms with Gasteiger partial charge in [-0.2, -0.15) is 4.68 Å². The zero-order valence-corrected chi connectivity index (χ0v) is 19.9. The predicted octanol–water partition coefficient (Wildman–Crippen LogP) is 3.22. The van der Waals surface area contributed by atoms with E-state index in [4.69, 9.17) is 9.47 Å². The largest absolute Gasteiger partial charge is 0.497 e. The Morgan fingerprint density at radius 1 is 0.912 bits per heavy atom. The number of aryl methyl sites for hydroxylation is 2. The average molecular weight is 464 g/mol. The lowest BCUT2D eigenvalue weighted by Crippen LogP contribution is -2.50. The number of amides is 2. The molecule has 1 saturated heterocycles. The maximum atomic E-state index is 12.9. The van der Waals surface area contributed by atoms with Gasteiger partial charge in [0.2, 0.25) is 0 Å². The minimum atomic E-state index is -0.209. The van der Waals surface area contributed by atoms with Gasteiger partial charge >= 0.3 is 6.03 Å². The summed E-state index contributed by atoms with van der Waals surface area (Å²) in [4.78, 5) is 29.1. The first-order chi connectivity index (χ1) is 16.4. The van der Waals surface area contributed by atoms with Gasteiger partial charge in [0.25, 0.3) is 5.56 Å². The van der Waals surface area contributed by atoms with Crippen molar-refractivity contribution in [3.63, 3.8) is 0 Å². The Balaban J connectivity index is 1.44. The monoisotopic (exact) mass is 463 g/mol. The number of nitrogens with zero attached hydrogens (tertiary/aromatic N) is 4. The van der Waals surface area contributed by atoms with E-state index in [-0.39, 0.29) is 11.6 Å². The highest BCUT2D eigenvalue weighted by Gasteiger charge is 2.23. The van der Waals surface area contributed by atoms with E-state index in [0.717, 1.165) is 16.8 Å². The highest BCUT2D eigenvalue weighted by Crippen LogP contribution is 2.29. The van der Waals surface area contributed by atoms with E-state index in [1.54, 1.807) is 43.4 Å². The van der Waals surface area contributed by atoms with Gasteiger partial charge in [0.1, 0.15) is 17.3 Å². The van der Waals surface area contributed by atoms with Crippen molar-refractivity contribution >= 4 is 17.5 Å². The Morgan fingerprint density at radius 2 is 1.68 bits per heavy atom. The minimum absolute atomic E-state index is 0.183. The molecule has 0 bridgehead atoms. The standard InChI is InChI=1S/C25H29N5O4/c1-17-5-6-19(15-18(17)2)30-24(31)10-9-23(27-30)28-11-13-29(14-12-28)25(32)26-21-16-20(33-3)7-8-22(21)34-4/h5-10,15-16H,11-14H2,1-4H3,(H,26,32). The zero-order chi connectivity index (χ0) is 24.2. The molecule has 1 N–H and O–H groups in total. The number of hydrogen-bond donors (Lipinski definition) is 1. The van der Waals surface area contributed by atoms with Gasteiger partial charge in [-0.15, -0.1) is 5.10 Å². The van der Waals surface area contributed by atoms with Crippen molar-refractivity contribution in [3.05, 3.63) is 70.0 Å². The Hall–Kier alpha value is -4.01. The molecule has 0 atom stereocenters. The molecule has 1 fully saturated rings. The van der Waals surface area contributed by atoms with E-state index >= 15 is 0 Å². The van der Waals surface area contributed by atoms with E-state index in [9.17, 15) is 9.59 Å². The first-order valence-electron chi connectivity index (χ1n) is 11.1. The van der Waals surface area contributed by atoms with Crippen LogP contribution < -0.4 is 25.2 Å². The second-order valence-corrected chi connectivity index (χ2v) is 8.18. The molecule has 178 valence electrons. The van der Waals surface area contributed by atoms with Gasteiger partial charge in [0, 0.05) is 38.3 Å². The van der Waals surface area contributed by atoms with Crippen molar-refractivity contribution < 1.29 is 14.3 Å². The summed E-state index contributed by atoms with van der Waals surface area (Å²) in [5.74, 6) is 1.89. The molecule has 1 aliphatic heterocycles. The fourth-order valence-electron chi connectivity index (χ4n) is 3.86. The lowest BCUT2D eigenvalue weighted by atomic mass is 10.1. The molecule has 0 spiro atoms. The van der Waals surface area contributed by atoms with E-state index in [0.29, 0.717) is 49.2 Å². The molecular weight excluding hydrogens is 434 g/mol. The van der Waals surface area contributed by atoms with Crippen LogP contribution in [-0.4, -0.2) is 61.1 Å². The number of hydrogen-bond acceptors (Lipinski definition) is 6. The summed E-state index contributed by atoms with van der Waals surface area (Å²) in [5.41, 5.74) is 3.37. The van der Waals surface area contributed by atoms with Gasteiger partial charge < -0.3 is 24.6 Å². The van der Waals surface area contributed by atoms with Crippen LogP contribution in [0, 0.1) is 13.8 Å². The van der Waals surface area contributed by atoms with Crippen LogP contribution in [0.5, 0.6) is 11.5 Å². The molecule has 0 aliphatic carbocycles. The molecule has 2 aromatic carbocycles. The smallest absolute Gasteiger partial charge is 0.322 e. The molecular formula is C25H29N5O4. The molecule has 2 amide bonds. The highest BCUT2D eigenvalue weighted by atomic mass is 16.5. The number of anilines is 2. The number of nitrogens with one attached hydrogen (secondary N) is 1. The summed E-state index contributed by atoms with van der Waals surface area (Å²) in [5, 5.41) is 7.51. The van der Waals surface area contributed by atoms with Crippen LogP contribution in [0.4, 0.5) is 16.3 Å². The van der Waals surface area contributed by atoms with Crippen LogP contribution in [0.3, 0.4) is 0 Å². The van der Waals surface area contributed by atoms with Gasteiger partial charge in [-0.05, 0) is 55.3 Å². The lowest BCUT2D eigenvalue weighted by Gasteiger charge is -2.35. The maximum Gasteiger partial charge on any atom is 0.322 e. The number of rotatable bonds is 5. The third-order valence-electron chi connectivity index (χ3n) is 6.06. The van der Waals surface area contributed by atoms with E-state index in [2.05, 4.69) is 15.3 Å². The molecule has 34 heavy (non-hydrogen) atoms. The fourth-order valence-corrected chi connectivity index (χ4v) is 3.86. The summed E-state index contributed by atoms with van der Waals surface area (Å²) in [6, 6.07) is 14.2. The van der Waals surface area contributed by atoms with Gasteiger partial charge in [-0.1, -0.05) is 6.07 Å². The molecule has 4 rings (SSSR count). The molecule has 0 radical (unpaired) electrons. The number of carbonyl (C=O) groups is 1. The van der Waals surface area contributed by atoms with E-state index in [1.165, 1.54) is 10.7 Å². The zero-order valence-electron chi connectivity index (χ0n) is 19.9. The molecule has 9 heteroatoms. The van der Waals surface area contributed by atoms with Crippen molar-refractivity contribution in [2.24, 2.45) is 0 Å². The number of methoxy groups -OCH3 is 2. The Bertz CT molecular complexity index is 1250. The number of urea groups is 1. The van der Waals surface area contributed by atoms with Gasteiger partial charge in [-0.3, -0.25) is 4.79 Å². The van der Waals surface area contributed by atoms with Crippen LogP contribution in [0.2, 0.25) is 0 Å². The summed E-state index contributed by atoms with van der Waals surface area (Å²) in [6.45, 7) is 6.28. The number of carbonyl (C=O) groups excluding carboxylic acids is 1. The van der Waals surface area contributed by atoms with Crippen LogP contribution in [0.15, 0.2) is 53.3 Å². The second kappa shape index (κ2) is 9.86.